The zero-order valence-electron chi connectivity index (χ0n) is 16.6. The maximum atomic E-state index is 12.4. The van der Waals surface area contributed by atoms with Gasteiger partial charge in [0.15, 0.2) is 0 Å². The van der Waals surface area contributed by atoms with Crippen molar-refractivity contribution in [1.82, 2.24) is 0 Å². The molecule has 4 nitrogen and oxygen atoms in total. The highest BCUT2D eigenvalue weighted by atomic mass is 16.5. The Labute approximate surface area is 166 Å². The van der Waals surface area contributed by atoms with Crippen LogP contribution in [0, 0.1) is 5.92 Å². The predicted octanol–water partition coefficient (Wildman–Crippen LogP) is 5.77. The zero-order valence-corrected chi connectivity index (χ0v) is 16.6. The van der Waals surface area contributed by atoms with Gasteiger partial charge < -0.3 is 9.47 Å². The number of hydrogen-bond donors (Lipinski definition) is 0. The molecule has 0 N–H and O–H groups in total. The molecule has 0 saturated heterocycles. The maximum absolute atomic E-state index is 12.4. The number of carbonyl (C=O) groups is 2. The minimum Gasteiger partial charge on any atom is -0.465 e. The Hall–Kier alpha value is -2.62. The van der Waals surface area contributed by atoms with Crippen LogP contribution >= 0.6 is 0 Å². The van der Waals surface area contributed by atoms with Crippen molar-refractivity contribution >= 4 is 11.9 Å². The number of benzene rings is 2. The summed E-state index contributed by atoms with van der Waals surface area (Å²) in [6.45, 7) is 2.26. The van der Waals surface area contributed by atoms with Gasteiger partial charge in [-0.15, -0.1) is 0 Å². The van der Waals surface area contributed by atoms with Crippen molar-refractivity contribution in [2.75, 3.05) is 7.11 Å². The van der Waals surface area contributed by atoms with E-state index in [1.54, 1.807) is 24.3 Å². The average Bonchev–Trinajstić information content (AvgIpc) is 2.74. The van der Waals surface area contributed by atoms with E-state index in [1.807, 2.05) is 12.1 Å². The summed E-state index contributed by atoms with van der Waals surface area (Å²) in [6.07, 6.45) is 7.71. The molecule has 0 unspecified atom stereocenters. The third-order valence-electron chi connectivity index (χ3n) is 5.65. The van der Waals surface area contributed by atoms with Gasteiger partial charge in [-0.25, -0.2) is 9.59 Å². The van der Waals surface area contributed by atoms with Crippen LogP contribution in [-0.4, -0.2) is 19.0 Å². The van der Waals surface area contributed by atoms with Crippen molar-refractivity contribution in [3.63, 3.8) is 0 Å². The van der Waals surface area contributed by atoms with Gasteiger partial charge in [0.25, 0.3) is 0 Å². The molecule has 0 atom stereocenters. The van der Waals surface area contributed by atoms with E-state index >= 15 is 0 Å². The second-order valence-corrected chi connectivity index (χ2v) is 7.53. The summed E-state index contributed by atoms with van der Waals surface area (Å²) in [5, 5.41) is 0. The topological polar surface area (TPSA) is 52.6 Å². The van der Waals surface area contributed by atoms with Crippen LogP contribution < -0.4 is 4.74 Å². The molecule has 0 aromatic heterocycles. The Balaban J connectivity index is 1.57. The summed E-state index contributed by atoms with van der Waals surface area (Å²) in [5.41, 5.74) is 2.26. The summed E-state index contributed by atoms with van der Waals surface area (Å²) in [4.78, 5) is 23.8. The Morgan fingerprint density at radius 2 is 1.43 bits per heavy atom. The summed E-state index contributed by atoms with van der Waals surface area (Å²) in [6, 6.07) is 14.1. The quantitative estimate of drug-likeness (QED) is 0.472. The molecule has 0 spiro atoms. The smallest absolute Gasteiger partial charge is 0.343 e. The number of rotatable bonds is 6. The lowest BCUT2D eigenvalue weighted by Crippen LogP contribution is -2.13. The van der Waals surface area contributed by atoms with Crippen LogP contribution in [0.2, 0.25) is 0 Å². The highest BCUT2D eigenvalue weighted by molar-refractivity contribution is 5.92. The summed E-state index contributed by atoms with van der Waals surface area (Å²) in [5.74, 6) is 1.07. The van der Waals surface area contributed by atoms with Gasteiger partial charge in [-0.2, -0.15) is 0 Å². The zero-order chi connectivity index (χ0) is 19.9. The molecule has 148 valence electrons. The number of ether oxygens (including phenoxy) is 2. The molecular formula is C24H28O4. The first-order valence-electron chi connectivity index (χ1n) is 10.1. The fourth-order valence-corrected chi connectivity index (χ4v) is 4.03. The number of methoxy groups -OCH3 is 1. The van der Waals surface area contributed by atoms with Gasteiger partial charge in [-0.05, 0) is 79.5 Å². The van der Waals surface area contributed by atoms with Crippen LogP contribution in [0.5, 0.6) is 5.75 Å². The van der Waals surface area contributed by atoms with Crippen molar-refractivity contribution in [3.05, 3.63) is 65.2 Å². The molecule has 1 aliphatic rings. The largest absolute Gasteiger partial charge is 0.465 e. The van der Waals surface area contributed by atoms with Crippen LogP contribution in [0.4, 0.5) is 0 Å². The van der Waals surface area contributed by atoms with E-state index in [0.29, 0.717) is 22.8 Å². The van der Waals surface area contributed by atoms with E-state index < -0.39 is 11.9 Å². The van der Waals surface area contributed by atoms with Gasteiger partial charge in [0.05, 0.1) is 18.2 Å². The first-order chi connectivity index (χ1) is 13.6. The fourth-order valence-electron chi connectivity index (χ4n) is 4.03. The second-order valence-electron chi connectivity index (χ2n) is 7.53. The third kappa shape index (κ3) is 5.00. The molecular weight excluding hydrogens is 352 g/mol. The first kappa shape index (κ1) is 20.1. The molecule has 0 aliphatic heterocycles. The molecule has 28 heavy (non-hydrogen) atoms. The molecule has 0 heterocycles. The lowest BCUT2D eigenvalue weighted by atomic mass is 9.77. The van der Waals surface area contributed by atoms with Crippen LogP contribution in [0.1, 0.15) is 77.6 Å². The van der Waals surface area contributed by atoms with Gasteiger partial charge in [-0.3, -0.25) is 0 Å². The van der Waals surface area contributed by atoms with Crippen molar-refractivity contribution in [2.24, 2.45) is 5.92 Å². The van der Waals surface area contributed by atoms with Gasteiger partial charge in [0.1, 0.15) is 5.75 Å². The Bertz CT molecular complexity index is 784. The SMILES string of the molecule is CCCC1CCC(c2ccc(C(=O)Oc3ccc(C(=O)OC)cc3)cc2)CC1. The summed E-state index contributed by atoms with van der Waals surface area (Å²) >= 11 is 0. The van der Waals surface area contributed by atoms with Crippen molar-refractivity contribution in [1.29, 1.82) is 0 Å². The minimum absolute atomic E-state index is 0.399. The van der Waals surface area contributed by atoms with E-state index in [2.05, 4.69) is 23.8 Å². The first-order valence-corrected chi connectivity index (χ1v) is 10.1. The van der Waals surface area contributed by atoms with E-state index in [4.69, 9.17) is 4.74 Å². The van der Waals surface area contributed by atoms with Gasteiger partial charge in [-0.1, -0.05) is 31.9 Å². The van der Waals surface area contributed by atoms with Crippen molar-refractivity contribution in [2.45, 2.75) is 51.4 Å². The standard InChI is InChI=1S/C24H28O4/c1-3-4-17-5-7-18(8-6-17)19-9-11-21(12-10-19)24(26)28-22-15-13-20(14-16-22)23(25)27-2/h9-18H,3-8H2,1-2H3. The molecule has 0 amide bonds. The van der Waals surface area contributed by atoms with Crippen molar-refractivity contribution < 1.29 is 19.1 Å². The summed E-state index contributed by atoms with van der Waals surface area (Å²) < 4.78 is 10.1. The van der Waals surface area contributed by atoms with Crippen LogP contribution in [0.25, 0.3) is 0 Å². The Morgan fingerprint density at radius 3 is 2.00 bits per heavy atom. The van der Waals surface area contributed by atoms with E-state index in [9.17, 15) is 9.59 Å². The lowest BCUT2D eigenvalue weighted by molar-refractivity contribution is 0.0600. The number of carbonyl (C=O) groups excluding carboxylic acids is 2. The number of hydrogen-bond acceptors (Lipinski definition) is 4. The molecule has 1 saturated carbocycles. The second kappa shape index (κ2) is 9.54. The maximum Gasteiger partial charge on any atom is 0.343 e. The van der Waals surface area contributed by atoms with E-state index in [-0.39, 0.29) is 0 Å². The van der Waals surface area contributed by atoms with Gasteiger partial charge in [0.2, 0.25) is 0 Å². The van der Waals surface area contributed by atoms with Crippen molar-refractivity contribution in [3.8, 4) is 5.75 Å². The molecule has 0 bridgehead atoms. The number of esters is 2. The monoisotopic (exact) mass is 380 g/mol. The lowest BCUT2D eigenvalue weighted by Gasteiger charge is -2.28. The van der Waals surface area contributed by atoms with Crippen LogP contribution in [0.15, 0.2) is 48.5 Å². The van der Waals surface area contributed by atoms with Gasteiger partial charge in [0, 0.05) is 0 Å². The molecule has 0 radical (unpaired) electrons. The van der Waals surface area contributed by atoms with Crippen LogP contribution in [-0.2, 0) is 4.74 Å². The molecule has 4 heteroatoms. The highest BCUT2D eigenvalue weighted by Crippen LogP contribution is 2.37. The molecule has 1 aliphatic carbocycles. The molecule has 2 aromatic rings. The highest BCUT2D eigenvalue weighted by Gasteiger charge is 2.22. The fraction of sp³-hybridized carbons (Fsp3) is 0.417. The molecule has 3 rings (SSSR count). The van der Waals surface area contributed by atoms with Crippen LogP contribution in [0.3, 0.4) is 0 Å². The molecule has 2 aromatic carbocycles. The Kier molecular flexibility index (Phi) is 6.85. The molecule has 1 fully saturated rings. The Morgan fingerprint density at radius 1 is 0.857 bits per heavy atom. The van der Waals surface area contributed by atoms with Gasteiger partial charge >= 0.3 is 11.9 Å². The third-order valence-corrected chi connectivity index (χ3v) is 5.65. The normalized spacial score (nSPS) is 19.1. The summed E-state index contributed by atoms with van der Waals surface area (Å²) in [7, 11) is 1.33. The minimum atomic E-state index is -0.419. The predicted molar refractivity (Wildman–Crippen MR) is 109 cm³/mol. The van der Waals surface area contributed by atoms with E-state index in [1.165, 1.54) is 51.2 Å². The van der Waals surface area contributed by atoms with E-state index in [0.717, 1.165) is 5.92 Å². The average molecular weight is 380 g/mol.